The highest BCUT2D eigenvalue weighted by Gasteiger charge is 2.19. The predicted molar refractivity (Wildman–Crippen MR) is 65.0 cm³/mol. The molecule has 0 saturated heterocycles. The van der Waals surface area contributed by atoms with E-state index in [9.17, 15) is 8.42 Å². The Balaban J connectivity index is 2.55. The van der Waals surface area contributed by atoms with E-state index in [1.807, 2.05) is 7.05 Å². The van der Waals surface area contributed by atoms with Gasteiger partial charge in [-0.1, -0.05) is 5.16 Å². The van der Waals surface area contributed by atoms with Gasteiger partial charge < -0.3 is 9.84 Å². The molecule has 17 heavy (non-hydrogen) atoms. The maximum absolute atomic E-state index is 11.9. The van der Waals surface area contributed by atoms with Crippen LogP contribution in [0.4, 0.5) is 0 Å². The first-order valence-corrected chi connectivity index (χ1v) is 7.07. The Kier molecular flexibility index (Phi) is 5.10. The number of aromatic nitrogens is 1. The van der Waals surface area contributed by atoms with Crippen molar-refractivity contribution >= 4 is 10.0 Å². The lowest BCUT2D eigenvalue weighted by molar-refractivity contribution is 0.391. The molecule has 6 nitrogen and oxygen atoms in total. The molecule has 0 saturated carbocycles. The van der Waals surface area contributed by atoms with Gasteiger partial charge in [0.05, 0.1) is 0 Å². The fraction of sp³-hybridized carbons (Fsp3) is 0.700. The molecule has 1 heterocycles. The summed E-state index contributed by atoms with van der Waals surface area (Å²) in [6.45, 7) is 3.03. The summed E-state index contributed by atoms with van der Waals surface area (Å²) < 4.78 is 30.1. The van der Waals surface area contributed by atoms with E-state index in [1.54, 1.807) is 20.0 Å². The molecule has 0 fully saturated rings. The zero-order valence-corrected chi connectivity index (χ0v) is 11.2. The van der Waals surface area contributed by atoms with Crippen molar-refractivity contribution in [1.82, 2.24) is 14.8 Å². The smallest absolute Gasteiger partial charge is 0.219 e. The van der Waals surface area contributed by atoms with Crippen molar-refractivity contribution in [3.05, 3.63) is 17.5 Å². The van der Waals surface area contributed by atoms with E-state index in [-0.39, 0.29) is 5.75 Å². The Labute approximate surface area is 102 Å². The maximum atomic E-state index is 11.9. The van der Waals surface area contributed by atoms with Crippen LogP contribution >= 0.6 is 0 Å². The Morgan fingerprint density at radius 3 is 2.76 bits per heavy atom. The first kappa shape index (κ1) is 14.1. The lowest BCUT2D eigenvalue weighted by Gasteiger charge is -2.15. The third kappa shape index (κ3) is 4.45. The van der Waals surface area contributed by atoms with Crippen molar-refractivity contribution in [2.75, 3.05) is 27.2 Å². The van der Waals surface area contributed by atoms with Crippen LogP contribution in [0.5, 0.6) is 0 Å². The number of sulfonamides is 1. The van der Waals surface area contributed by atoms with Crippen LogP contribution in [0.25, 0.3) is 0 Å². The van der Waals surface area contributed by atoms with Crippen molar-refractivity contribution in [3.8, 4) is 0 Å². The molecular formula is C10H19N3O3S. The van der Waals surface area contributed by atoms with E-state index in [0.717, 1.165) is 13.0 Å². The Bertz CT molecular complexity index is 441. The van der Waals surface area contributed by atoms with Crippen LogP contribution in [0, 0.1) is 6.92 Å². The molecule has 7 heteroatoms. The minimum absolute atomic E-state index is 0.111. The van der Waals surface area contributed by atoms with Gasteiger partial charge in [0.15, 0.2) is 0 Å². The topological polar surface area (TPSA) is 75.4 Å². The van der Waals surface area contributed by atoms with Crippen molar-refractivity contribution in [3.63, 3.8) is 0 Å². The summed E-state index contributed by atoms with van der Waals surface area (Å²) in [6, 6.07) is 1.64. The lowest BCUT2D eigenvalue weighted by Crippen LogP contribution is -2.30. The summed E-state index contributed by atoms with van der Waals surface area (Å²) in [5.74, 6) is 0.508. The summed E-state index contributed by atoms with van der Waals surface area (Å²) in [7, 11) is 0.124. The predicted octanol–water partition coefficient (Wildman–Crippen LogP) is 0.354. The largest absolute Gasteiger partial charge is 0.361 e. The Hall–Kier alpha value is -0.920. The molecule has 1 N–H and O–H groups in total. The van der Waals surface area contributed by atoms with Crippen LogP contribution in [-0.4, -0.2) is 45.1 Å². The van der Waals surface area contributed by atoms with Crippen molar-refractivity contribution < 1.29 is 12.9 Å². The highest BCUT2D eigenvalue weighted by Crippen LogP contribution is 2.09. The van der Waals surface area contributed by atoms with Crippen molar-refractivity contribution in [1.29, 1.82) is 0 Å². The molecular weight excluding hydrogens is 242 g/mol. The normalized spacial score (nSPS) is 12.2. The van der Waals surface area contributed by atoms with E-state index >= 15 is 0 Å². The van der Waals surface area contributed by atoms with Crippen LogP contribution in [0.1, 0.15) is 17.9 Å². The molecule has 0 radical (unpaired) electrons. The molecule has 1 aromatic rings. The zero-order chi connectivity index (χ0) is 12.9. The molecule has 0 amide bonds. The van der Waals surface area contributed by atoms with E-state index in [4.69, 9.17) is 4.52 Å². The van der Waals surface area contributed by atoms with Crippen molar-refractivity contribution in [2.45, 2.75) is 19.1 Å². The summed E-state index contributed by atoms with van der Waals surface area (Å²) >= 11 is 0. The van der Waals surface area contributed by atoms with Crippen LogP contribution in [-0.2, 0) is 15.8 Å². The number of nitrogens with one attached hydrogen (secondary N) is 1. The van der Waals surface area contributed by atoms with Gasteiger partial charge in [0.25, 0.3) is 0 Å². The minimum Gasteiger partial charge on any atom is -0.361 e. The number of rotatable bonds is 7. The third-order valence-corrected chi connectivity index (χ3v) is 4.17. The summed E-state index contributed by atoms with van der Waals surface area (Å²) in [5, 5.41) is 6.67. The highest BCUT2D eigenvalue weighted by molar-refractivity contribution is 7.88. The Morgan fingerprint density at radius 2 is 2.24 bits per heavy atom. The molecule has 0 bridgehead atoms. The van der Waals surface area contributed by atoms with Crippen LogP contribution in [0.3, 0.4) is 0 Å². The SMILES string of the molecule is CNCCCN(C)S(=O)(=O)Cc1cc(C)on1. The first-order chi connectivity index (χ1) is 7.95. The van der Waals surface area contributed by atoms with Gasteiger partial charge in [-0.2, -0.15) is 0 Å². The van der Waals surface area contributed by atoms with Gasteiger partial charge in [-0.3, -0.25) is 0 Å². The van der Waals surface area contributed by atoms with E-state index in [0.29, 0.717) is 18.0 Å². The van der Waals surface area contributed by atoms with Gasteiger partial charge >= 0.3 is 0 Å². The number of nitrogens with zero attached hydrogens (tertiary/aromatic N) is 2. The van der Waals surface area contributed by atoms with Crippen LogP contribution in [0.15, 0.2) is 10.6 Å². The average Bonchev–Trinajstić information content (AvgIpc) is 2.63. The fourth-order valence-electron chi connectivity index (χ4n) is 1.40. The number of hydrogen-bond donors (Lipinski definition) is 1. The molecule has 0 spiro atoms. The molecule has 0 atom stereocenters. The molecule has 0 aliphatic rings. The van der Waals surface area contributed by atoms with Crippen molar-refractivity contribution in [2.24, 2.45) is 0 Å². The van der Waals surface area contributed by atoms with Gasteiger partial charge in [0, 0.05) is 19.7 Å². The molecule has 98 valence electrons. The molecule has 0 aromatic carbocycles. The molecule has 0 aliphatic carbocycles. The second kappa shape index (κ2) is 6.13. The molecule has 1 rings (SSSR count). The summed E-state index contributed by atoms with van der Waals surface area (Å²) in [5.41, 5.74) is 0.447. The van der Waals surface area contributed by atoms with Gasteiger partial charge in [-0.25, -0.2) is 12.7 Å². The molecule has 0 unspecified atom stereocenters. The van der Waals surface area contributed by atoms with Crippen LogP contribution in [0.2, 0.25) is 0 Å². The first-order valence-electron chi connectivity index (χ1n) is 5.46. The quantitative estimate of drug-likeness (QED) is 0.717. The van der Waals surface area contributed by atoms with E-state index < -0.39 is 10.0 Å². The van der Waals surface area contributed by atoms with Gasteiger partial charge in [0.2, 0.25) is 10.0 Å². The third-order valence-electron chi connectivity index (χ3n) is 2.38. The van der Waals surface area contributed by atoms with Gasteiger partial charge in [0.1, 0.15) is 17.2 Å². The lowest BCUT2D eigenvalue weighted by atomic mass is 10.4. The van der Waals surface area contributed by atoms with E-state index in [2.05, 4.69) is 10.5 Å². The minimum atomic E-state index is -3.30. The standard InChI is InChI=1S/C10H19N3O3S/c1-9-7-10(12-16-9)8-17(14,15)13(3)6-4-5-11-2/h7,11H,4-6,8H2,1-3H3. The number of hydrogen-bond acceptors (Lipinski definition) is 5. The second-order valence-corrected chi connectivity index (χ2v) is 6.04. The van der Waals surface area contributed by atoms with Crippen LogP contribution < -0.4 is 5.32 Å². The number of aryl methyl sites for hydroxylation is 1. The summed E-state index contributed by atoms with van der Waals surface area (Å²) in [4.78, 5) is 0. The summed E-state index contributed by atoms with van der Waals surface area (Å²) in [6.07, 6.45) is 0.782. The van der Waals surface area contributed by atoms with Gasteiger partial charge in [-0.15, -0.1) is 0 Å². The average molecular weight is 261 g/mol. The highest BCUT2D eigenvalue weighted by atomic mass is 32.2. The zero-order valence-electron chi connectivity index (χ0n) is 10.4. The van der Waals surface area contributed by atoms with E-state index in [1.165, 1.54) is 4.31 Å². The maximum Gasteiger partial charge on any atom is 0.219 e. The molecule has 1 aromatic heterocycles. The second-order valence-electron chi connectivity index (χ2n) is 3.96. The monoisotopic (exact) mass is 261 g/mol. The van der Waals surface area contributed by atoms with Gasteiger partial charge in [-0.05, 0) is 26.9 Å². The Morgan fingerprint density at radius 1 is 1.53 bits per heavy atom. The molecule has 0 aliphatic heterocycles. The fourth-order valence-corrected chi connectivity index (χ4v) is 2.54.